The number of phenolic OH excluding ortho intramolecular Hbond substituents is 1. The highest BCUT2D eigenvalue weighted by molar-refractivity contribution is 5.74. The maximum atomic E-state index is 10.0. The molecule has 0 spiro atoms. The number of aldehydes is 1. The van der Waals surface area contributed by atoms with Crippen molar-refractivity contribution in [3.05, 3.63) is 54.1 Å². The number of phenols is 1. The normalized spacial score (nSPS) is 19.6. The van der Waals surface area contributed by atoms with Crippen LogP contribution < -0.4 is 21.7 Å². The van der Waals surface area contributed by atoms with E-state index in [-0.39, 0.29) is 17.8 Å². The monoisotopic (exact) mass is 342 g/mol. The van der Waals surface area contributed by atoms with Crippen molar-refractivity contribution < 1.29 is 9.90 Å². The van der Waals surface area contributed by atoms with Crippen molar-refractivity contribution >= 4 is 17.7 Å². The summed E-state index contributed by atoms with van der Waals surface area (Å²) in [5.41, 5.74) is 14.3. The summed E-state index contributed by atoms with van der Waals surface area (Å²) in [6.45, 7) is 1.57. The molecular formula is C19H26N4O2. The molecule has 3 rings (SSSR count). The molecule has 25 heavy (non-hydrogen) atoms. The number of hydrogen-bond donors (Lipinski definition) is 4. The third-order valence-electron chi connectivity index (χ3n) is 4.07. The van der Waals surface area contributed by atoms with E-state index in [1.165, 1.54) is 0 Å². The lowest BCUT2D eigenvalue weighted by molar-refractivity contribution is 0.112. The topological polar surface area (TPSA) is 105 Å². The standard InChI is InChI=1S/C12H20N4O.C7H6O/c1-15-11-3-2-10(5-12(11)17)16-6-8(13)4-9(14)7-16;8-6-7-4-2-1-3-5-7/h2-3,5,8-9,15,17H,4,6-7,13-14H2,1H3;1-6H. The van der Waals surface area contributed by atoms with Gasteiger partial charge in [0.15, 0.2) is 0 Å². The van der Waals surface area contributed by atoms with Gasteiger partial charge in [-0.15, -0.1) is 0 Å². The van der Waals surface area contributed by atoms with Gasteiger partial charge in [-0.2, -0.15) is 0 Å². The van der Waals surface area contributed by atoms with Gasteiger partial charge in [0, 0.05) is 49.5 Å². The third kappa shape index (κ3) is 5.48. The summed E-state index contributed by atoms with van der Waals surface area (Å²) in [6, 6.07) is 14.9. The molecule has 1 saturated heterocycles. The fourth-order valence-corrected chi connectivity index (χ4v) is 2.85. The van der Waals surface area contributed by atoms with Crippen LogP contribution in [0, 0.1) is 0 Å². The number of nitrogens with two attached hydrogens (primary N) is 2. The lowest BCUT2D eigenvalue weighted by Crippen LogP contribution is -2.52. The SMILES string of the molecule is CNc1ccc(N2CC(N)CC(N)C2)cc1O.O=Cc1ccccc1. The van der Waals surface area contributed by atoms with Gasteiger partial charge in [0.1, 0.15) is 12.0 Å². The fraction of sp³-hybridized carbons (Fsp3) is 0.316. The molecule has 0 bridgehead atoms. The van der Waals surface area contributed by atoms with Gasteiger partial charge in [0.05, 0.1) is 5.69 Å². The van der Waals surface area contributed by atoms with E-state index in [9.17, 15) is 9.90 Å². The Balaban J connectivity index is 0.000000236. The quantitative estimate of drug-likeness (QED) is 0.501. The van der Waals surface area contributed by atoms with Gasteiger partial charge >= 0.3 is 0 Å². The molecule has 2 aromatic carbocycles. The zero-order valence-electron chi connectivity index (χ0n) is 14.4. The van der Waals surface area contributed by atoms with Gasteiger partial charge < -0.3 is 26.8 Å². The Morgan fingerprint density at radius 2 is 1.76 bits per heavy atom. The maximum Gasteiger partial charge on any atom is 0.150 e. The molecule has 1 aliphatic rings. The van der Waals surface area contributed by atoms with Gasteiger partial charge in [-0.25, -0.2) is 0 Å². The minimum Gasteiger partial charge on any atom is -0.506 e. The van der Waals surface area contributed by atoms with E-state index in [0.29, 0.717) is 0 Å². The highest BCUT2D eigenvalue weighted by atomic mass is 16.3. The van der Waals surface area contributed by atoms with Gasteiger partial charge in [0.2, 0.25) is 0 Å². The largest absolute Gasteiger partial charge is 0.506 e. The summed E-state index contributed by atoms with van der Waals surface area (Å²) >= 11 is 0. The molecule has 0 amide bonds. The number of benzene rings is 2. The maximum absolute atomic E-state index is 10.0. The second kappa shape index (κ2) is 9.05. The second-order valence-corrected chi connectivity index (χ2v) is 6.14. The minimum absolute atomic E-state index is 0.102. The van der Waals surface area contributed by atoms with Crippen molar-refractivity contribution in [2.75, 3.05) is 30.4 Å². The average Bonchev–Trinajstić information content (AvgIpc) is 2.62. The molecule has 0 radical (unpaired) electrons. The number of hydrogen-bond acceptors (Lipinski definition) is 6. The first-order valence-electron chi connectivity index (χ1n) is 8.30. The number of anilines is 2. The Labute approximate surface area is 148 Å². The first kappa shape index (κ1) is 18.8. The van der Waals surface area contributed by atoms with Crippen LogP contribution in [0.5, 0.6) is 5.75 Å². The Kier molecular flexibility index (Phi) is 6.80. The number of nitrogens with zero attached hydrogens (tertiary/aromatic N) is 1. The number of carbonyl (C=O) groups excluding carboxylic acids is 1. The predicted molar refractivity (Wildman–Crippen MR) is 102 cm³/mol. The molecule has 1 heterocycles. The van der Waals surface area contributed by atoms with Crippen molar-refractivity contribution in [2.24, 2.45) is 11.5 Å². The van der Waals surface area contributed by atoms with Crippen LogP contribution in [-0.2, 0) is 0 Å². The lowest BCUT2D eigenvalue weighted by Gasteiger charge is -2.36. The Morgan fingerprint density at radius 3 is 2.24 bits per heavy atom. The lowest BCUT2D eigenvalue weighted by atomic mass is 10.0. The van der Waals surface area contributed by atoms with Crippen molar-refractivity contribution in [1.29, 1.82) is 0 Å². The van der Waals surface area contributed by atoms with Gasteiger partial charge in [-0.05, 0) is 18.6 Å². The molecule has 2 atom stereocenters. The predicted octanol–water partition coefficient (Wildman–Crippen LogP) is 1.80. The molecule has 6 N–H and O–H groups in total. The Morgan fingerprint density at radius 1 is 1.12 bits per heavy atom. The average molecular weight is 342 g/mol. The molecule has 1 fully saturated rings. The van der Waals surface area contributed by atoms with E-state index >= 15 is 0 Å². The van der Waals surface area contributed by atoms with E-state index in [1.807, 2.05) is 30.3 Å². The number of aromatic hydroxyl groups is 1. The number of carbonyl (C=O) groups is 1. The number of piperidine rings is 1. The van der Waals surface area contributed by atoms with Gasteiger partial charge in [0.25, 0.3) is 0 Å². The van der Waals surface area contributed by atoms with E-state index in [2.05, 4.69) is 10.2 Å². The molecule has 1 aliphatic heterocycles. The molecule has 6 nitrogen and oxygen atoms in total. The van der Waals surface area contributed by atoms with Crippen LogP contribution in [0.3, 0.4) is 0 Å². The molecular weight excluding hydrogens is 316 g/mol. The van der Waals surface area contributed by atoms with Crippen LogP contribution in [0.25, 0.3) is 0 Å². The number of rotatable bonds is 3. The van der Waals surface area contributed by atoms with Crippen LogP contribution in [0.1, 0.15) is 16.8 Å². The zero-order valence-corrected chi connectivity index (χ0v) is 14.4. The van der Waals surface area contributed by atoms with E-state index in [1.54, 1.807) is 25.2 Å². The summed E-state index contributed by atoms with van der Waals surface area (Å²) in [7, 11) is 1.78. The second-order valence-electron chi connectivity index (χ2n) is 6.14. The third-order valence-corrected chi connectivity index (χ3v) is 4.07. The highest BCUT2D eigenvalue weighted by Crippen LogP contribution is 2.29. The number of nitrogens with one attached hydrogen (secondary N) is 1. The van der Waals surface area contributed by atoms with Crippen LogP contribution in [-0.4, -0.2) is 43.6 Å². The zero-order chi connectivity index (χ0) is 18.2. The Hall–Kier alpha value is -2.57. The fourth-order valence-electron chi connectivity index (χ4n) is 2.85. The minimum atomic E-state index is 0.102. The summed E-state index contributed by atoms with van der Waals surface area (Å²) in [5, 5.41) is 12.7. The summed E-state index contributed by atoms with van der Waals surface area (Å²) in [5.74, 6) is 0.248. The molecule has 134 valence electrons. The highest BCUT2D eigenvalue weighted by Gasteiger charge is 2.23. The van der Waals surface area contributed by atoms with Crippen molar-refractivity contribution in [1.82, 2.24) is 0 Å². The van der Waals surface area contributed by atoms with Crippen molar-refractivity contribution in [2.45, 2.75) is 18.5 Å². The van der Waals surface area contributed by atoms with E-state index in [4.69, 9.17) is 11.5 Å². The van der Waals surface area contributed by atoms with E-state index in [0.717, 1.165) is 42.7 Å². The smallest absolute Gasteiger partial charge is 0.150 e. The molecule has 0 saturated carbocycles. The molecule has 0 aromatic heterocycles. The van der Waals surface area contributed by atoms with Crippen molar-refractivity contribution in [3.8, 4) is 5.75 Å². The Bertz CT molecular complexity index is 668. The van der Waals surface area contributed by atoms with Gasteiger partial charge in [-0.1, -0.05) is 30.3 Å². The molecule has 2 aromatic rings. The van der Waals surface area contributed by atoms with Crippen LogP contribution >= 0.6 is 0 Å². The van der Waals surface area contributed by atoms with Gasteiger partial charge in [-0.3, -0.25) is 4.79 Å². The first-order valence-corrected chi connectivity index (χ1v) is 8.30. The molecule has 0 aliphatic carbocycles. The molecule has 2 unspecified atom stereocenters. The molecule has 6 heteroatoms. The summed E-state index contributed by atoms with van der Waals surface area (Å²) < 4.78 is 0. The van der Waals surface area contributed by atoms with Crippen LogP contribution in [0.4, 0.5) is 11.4 Å². The van der Waals surface area contributed by atoms with Crippen LogP contribution in [0.2, 0.25) is 0 Å². The summed E-state index contributed by atoms with van der Waals surface area (Å²) in [4.78, 5) is 12.1. The van der Waals surface area contributed by atoms with Crippen LogP contribution in [0.15, 0.2) is 48.5 Å². The van der Waals surface area contributed by atoms with E-state index < -0.39 is 0 Å². The van der Waals surface area contributed by atoms with Crippen molar-refractivity contribution in [3.63, 3.8) is 0 Å². The summed E-state index contributed by atoms with van der Waals surface area (Å²) in [6.07, 6.45) is 1.69. The first-order chi connectivity index (χ1) is 12.0.